The number of carbonyl (C=O) groups excluding carboxylic acids is 1. The molecule has 10 heteroatoms. The van der Waals surface area contributed by atoms with Crippen molar-refractivity contribution in [1.29, 1.82) is 0 Å². The number of carbonyl (C=O) groups is 2. The van der Waals surface area contributed by atoms with E-state index in [1.165, 1.54) is 12.1 Å². The fourth-order valence-corrected chi connectivity index (χ4v) is 2.59. The molecule has 2 rings (SSSR count). The zero-order chi connectivity index (χ0) is 20.1. The van der Waals surface area contributed by atoms with Crippen LogP contribution in [0.5, 0.6) is 5.75 Å². The predicted octanol–water partition coefficient (Wildman–Crippen LogP) is 0.421. The number of amides is 1. The van der Waals surface area contributed by atoms with E-state index < -0.39 is 12.1 Å². The van der Waals surface area contributed by atoms with Gasteiger partial charge in [0.15, 0.2) is 0 Å². The first-order valence-corrected chi connectivity index (χ1v) is 8.42. The Kier molecular flexibility index (Phi) is 6.45. The lowest BCUT2D eigenvalue weighted by molar-refractivity contribution is -0.147. The minimum atomic E-state index is -0.796. The third-order valence-electron chi connectivity index (χ3n) is 4.33. The number of hydrogen-bond donors (Lipinski definition) is 4. The molecule has 1 amide bonds. The summed E-state index contributed by atoms with van der Waals surface area (Å²) in [5.41, 5.74) is 7.89. The van der Waals surface area contributed by atoms with Gasteiger partial charge in [-0.25, -0.2) is 15.6 Å². The van der Waals surface area contributed by atoms with Crippen molar-refractivity contribution in [2.75, 3.05) is 20.7 Å². The van der Waals surface area contributed by atoms with E-state index >= 15 is 0 Å². The number of ether oxygens (including phenoxy) is 2. The Labute approximate surface area is 157 Å². The molecular formula is C17H25N5O5. The third-order valence-corrected chi connectivity index (χ3v) is 4.33. The molecule has 0 spiro atoms. The number of aliphatic carboxylic acids is 1. The summed E-state index contributed by atoms with van der Waals surface area (Å²) in [6.07, 6.45) is 0.238. The summed E-state index contributed by atoms with van der Waals surface area (Å²) >= 11 is 0. The molecule has 0 aliphatic heterocycles. The molecule has 0 radical (unpaired) electrons. The standard InChI is InChI=1S/C17H25N5O5/c1-9-14(27-11-6-10(7-11)16(23)24)5-4-12(21-9)15(18)13(22(3)19)8-26-17(25)20-2/h4-5,10-11H,6-8,18-19H2,1-3H3,(H,20,25)(H,23,24)/b15-13-. The van der Waals surface area contributed by atoms with Crippen LogP contribution in [0.2, 0.25) is 0 Å². The molecule has 6 N–H and O–H groups in total. The van der Waals surface area contributed by atoms with Crippen LogP contribution in [0.25, 0.3) is 5.70 Å². The zero-order valence-electron chi connectivity index (χ0n) is 15.6. The van der Waals surface area contributed by atoms with Crippen LogP contribution in [0.15, 0.2) is 17.8 Å². The molecule has 1 saturated carbocycles. The molecule has 1 heterocycles. The fraction of sp³-hybridized carbons (Fsp3) is 0.471. The van der Waals surface area contributed by atoms with Crippen molar-refractivity contribution < 1.29 is 24.2 Å². The second-order valence-electron chi connectivity index (χ2n) is 6.32. The molecule has 0 unspecified atom stereocenters. The van der Waals surface area contributed by atoms with Gasteiger partial charge in [0, 0.05) is 14.1 Å². The van der Waals surface area contributed by atoms with E-state index in [0.717, 1.165) is 0 Å². The van der Waals surface area contributed by atoms with Crippen LogP contribution in [0, 0.1) is 12.8 Å². The van der Waals surface area contributed by atoms with Crippen LogP contribution < -0.4 is 21.6 Å². The van der Waals surface area contributed by atoms with Gasteiger partial charge in [-0.05, 0) is 31.9 Å². The maximum atomic E-state index is 11.3. The van der Waals surface area contributed by atoms with Gasteiger partial charge in [0.1, 0.15) is 18.5 Å². The first-order valence-electron chi connectivity index (χ1n) is 8.42. The van der Waals surface area contributed by atoms with Gasteiger partial charge in [0.2, 0.25) is 0 Å². The highest BCUT2D eigenvalue weighted by atomic mass is 16.5. The summed E-state index contributed by atoms with van der Waals surface area (Å²) in [6, 6.07) is 3.40. The first kappa shape index (κ1) is 20.3. The summed E-state index contributed by atoms with van der Waals surface area (Å²) < 4.78 is 10.8. The smallest absolute Gasteiger partial charge is 0.407 e. The number of hydrazine groups is 1. The molecule has 1 fully saturated rings. The number of aromatic nitrogens is 1. The first-order chi connectivity index (χ1) is 12.7. The maximum absolute atomic E-state index is 11.3. The number of alkyl carbamates (subject to hydrolysis) is 1. The Morgan fingerprint density at radius 3 is 2.59 bits per heavy atom. The summed E-state index contributed by atoms with van der Waals surface area (Å²) in [7, 11) is 3.03. The summed E-state index contributed by atoms with van der Waals surface area (Å²) in [5, 5.41) is 12.5. The van der Waals surface area contributed by atoms with Gasteiger partial charge in [-0.2, -0.15) is 0 Å². The molecule has 148 valence electrons. The number of likely N-dealkylation sites (N-methyl/N-ethyl adjacent to an activating group) is 1. The number of nitrogens with zero attached hydrogens (tertiary/aromatic N) is 2. The van der Waals surface area contributed by atoms with Crippen LogP contribution in [0.1, 0.15) is 24.2 Å². The lowest BCUT2D eigenvalue weighted by Crippen LogP contribution is -2.38. The molecule has 0 bridgehead atoms. The Morgan fingerprint density at radius 1 is 1.41 bits per heavy atom. The van der Waals surface area contributed by atoms with Crippen LogP contribution in [-0.2, 0) is 9.53 Å². The van der Waals surface area contributed by atoms with Gasteiger partial charge >= 0.3 is 12.1 Å². The van der Waals surface area contributed by atoms with Crippen molar-refractivity contribution >= 4 is 17.8 Å². The van der Waals surface area contributed by atoms with Gasteiger partial charge in [0.05, 0.1) is 28.7 Å². The van der Waals surface area contributed by atoms with Gasteiger partial charge in [-0.15, -0.1) is 0 Å². The predicted molar refractivity (Wildman–Crippen MR) is 97.2 cm³/mol. The zero-order valence-corrected chi connectivity index (χ0v) is 15.6. The highest BCUT2D eigenvalue weighted by molar-refractivity contribution is 5.71. The van der Waals surface area contributed by atoms with Crippen LogP contribution in [0.4, 0.5) is 4.79 Å². The average molecular weight is 379 g/mol. The van der Waals surface area contributed by atoms with Crippen LogP contribution in [0.3, 0.4) is 0 Å². The Morgan fingerprint density at radius 2 is 2.07 bits per heavy atom. The molecule has 1 aromatic rings. The largest absolute Gasteiger partial charge is 0.488 e. The lowest BCUT2D eigenvalue weighted by atomic mass is 9.82. The van der Waals surface area contributed by atoms with Gasteiger partial charge < -0.3 is 30.6 Å². The second-order valence-corrected chi connectivity index (χ2v) is 6.32. The molecule has 0 aromatic carbocycles. The number of rotatable bonds is 7. The van der Waals surface area contributed by atoms with E-state index in [1.807, 2.05) is 0 Å². The normalized spacial score (nSPS) is 19.4. The van der Waals surface area contributed by atoms with Crippen molar-refractivity contribution in [3.63, 3.8) is 0 Å². The number of carboxylic acids is 1. The number of nitrogens with two attached hydrogens (primary N) is 2. The van der Waals surface area contributed by atoms with E-state index in [0.29, 0.717) is 35.7 Å². The van der Waals surface area contributed by atoms with E-state index in [9.17, 15) is 9.59 Å². The molecule has 0 atom stereocenters. The molecule has 0 saturated heterocycles. The quantitative estimate of drug-likeness (QED) is 0.390. The van der Waals surface area contributed by atoms with Crippen LogP contribution >= 0.6 is 0 Å². The third kappa shape index (κ3) is 5.00. The highest BCUT2D eigenvalue weighted by Gasteiger charge is 2.36. The number of nitrogens with one attached hydrogen (secondary N) is 1. The van der Waals surface area contributed by atoms with Crippen molar-refractivity contribution in [3.8, 4) is 5.75 Å². The Bertz CT molecular complexity index is 743. The van der Waals surface area contributed by atoms with Crippen molar-refractivity contribution in [3.05, 3.63) is 29.2 Å². The minimum Gasteiger partial charge on any atom is -0.488 e. The Hall–Kier alpha value is -3.01. The van der Waals surface area contributed by atoms with Crippen molar-refractivity contribution in [2.24, 2.45) is 17.5 Å². The second kappa shape index (κ2) is 8.58. The number of aryl methyl sites for hydroxylation is 1. The van der Waals surface area contributed by atoms with E-state index in [2.05, 4.69) is 10.3 Å². The average Bonchev–Trinajstić information content (AvgIpc) is 2.57. The number of pyridine rings is 1. The summed E-state index contributed by atoms with van der Waals surface area (Å²) in [4.78, 5) is 26.6. The van der Waals surface area contributed by atoms with Crippen LogP contribution in [-0.4, -0.2) is 54.0 Å². The molecular weight excluding hydrogens is 354 g/mol. The van der Waals surface area contributed by atoms with Gasteiger partial charge in [-0.1, -0.05) is 0 Å². The molecule has 1 aliphatic carbocycles. The molecule has 10 nitrogen and oxygen atoms in total. The van der Waals surface area contributed by atoms with Gasteiger partial charge in [-0.3, -0.25) is 4.79 Å². The van der Waals surface area contributed by atoms with E-state index in [-0.39, 0.29) is 24.3 Å². The molecule has 1 aromatic heterocycles. The molecule has 1 aliphatic rings. The highest BCUT2D eigenvalue weighted by Crippen LogP contribution is 2.32. The summed E-state index contributed by atoms with van der Waals surface area (Å²) in [6.45, 7) is 1.66. The Balaban J connectivity index is 2.12. The topological polar surface area (TPSA) is 153 Å². The van der Waals surface area contributed by atoms with Crippen molar-refractivity contribution in [1.82, 2.24) is 15.3 Å². The SMILES string of the molecule is CNC(=O)OC/C(=C(/N)c1ccc(OC2CC(C(=O)O)C2)c(C)n1)N(C)N. The summed E-state index contributed by atoms with van der Waals surface area (Å²) in [5.74, 6) is 5.22. The maximum Gasteiger partial charge on any atom is 0.407 e. The van der Waals surface area contributed by atoms with E-state index in [1.54, 1.807) is 26.1 Å². The van der Waals surface area contributed by atoms with Crippen molar-refractivity contribution in [2.45, 2.75) is 25.9 Å². The van der Waals surface area contributed by atoms with E-state index in [4.69, 9.17) is 26.2 Å². The fourth-order valence-electron chi connectivity index (χ4n) is 2.59. The number of carboxylic acid groups (broad SMARTS) is 1. The lowest BCUT2D eigenvalue weighted by Gasteiger charge is -2.32. The monoisotopic (exact) mass is 379 g/mol. The minimum absolute atomic E-state index is 0.115. The number of hydrogen-bond acceptors (Lipinski definition) is 8. The van der Waals surface area contributed by atoms with Gasteiger partial charge in [0.25, 0.3) is 0 Å². The molecule has 27 heavy (non-hydrogen) atoms.